The number of benzene rings is 3. The van der Waals surface area contributed by atoms with Crippen LogP contribution in [0.1, 0.15) is 52.0 Å². The van der Waals surface area contributed by atoms with Crippen molar-refractivity contribution in [3.05, 3.63) is 124 Å². The van der Waals surface area contributed by atoms with E-state index in [1.165, 1.54) is 27.5 Å². The normalized spacial score (nSPS) is 18.4. The molecule has 1 fully saturated rings. The van der Waals surface area contributed by atoms with E-state index in [4.69, 9.17) is 4.98 Å². The molecule has 0 amide bonds. The number of fused-ring (bicyclic) bond motifs is 2. The van der Waals surface area contributed by atoms with Crippen LogP contribution in [0.5, 0.6) is 0 Å². The van der Waals surface area contributed by atoms with Crippen LogP contribution >= 0.6 is 0 Å². The van der Waals surface area contributed by atoms with Crippen LogP contribution < -0.4 is 16.2 Å². The first-order valence-corrected chi connectivity index (χ1v) is 16.4. The van der Waals surface area contributed by atoms with Gasteiger partial charge in [-0.2, -0.15) is 9.29 Å². The Morgan fingerprint density at radius 2 is 1.67 bits per heavy atom. The molecule has 228 valence electrons. The number of pyridine rings is 1. The van der Waals surface area contributed by atoms with Gasteiger partial charge in [-0.05, 0) is 67.2 Å². The molecule has 0 spiro atoms. The molecule has 2 aliphatic heterocycles. The fourth-order valence-electron chi connectivity index (χ4n) is 6.31. The third kappa shape index (κ3) is 5.33. The second kappa shape index (κ2) is 11.7. The second-order valence-electron chi connectivity index (χ2n) is 11.5. The number of carbonyl (C=O) groups excluding carboxylic acids is 1. The molecule has 10 nitrogen and oxygen atoms in total. The maximum atomic E-state index is 14.3. The highest BCUT2D eigenvalue weighted by Gasteiger charge is 2.38. The number of nitrogens with one attached hydrogen (secondary N) is 2. The highest BCUT2D eigenvalue weighted by molar-refractivity contribution is 7.89. The monoisotopic (exact) mass is 620 g/mol. The van der Waals surface area contributed by atoms with Gasteiger partial charge >= 0.3 is 0 Å². The van der Waals surface area contributed by atoms with Crippen LogP contribution in [0.2, 0.25) is 0 Å². The average molecular weight is 621 g/mol. The molecule has 3 aromatic carbocycles. The standard InChI is InChI=1S/C34H32N6O4S/c1-39-30(20-25-9-5-6-10-29(25)45(39,43)44)40-32-26(19-28(33(40)42)31(41)24-7-3-2-4-8-24)21-36-34(38-32)37-27-13-11-22(12-14-27)23-15-17-35-18-16-23/h2-14,19,21,23,30,35H,15-18,20H2,1H3,(H,36,37,38). The molecule has 2 aliphatic rings. The molecule has 0 aliphatic carbocycles. The van der Waals surface area contributed by atoms with Gasteiger partial charge in [0.25, 0.3) is 5.56 Å². The van der Waals surface area contributed by atoms with Crippen LogP contribution in [0.15, 0.2) is 101 Å². The summed E-state index contributed by atoms with van der Waals surface area (Å²) in [6.45, 7) is 2.03. The van der Waals surface area contributed by atoms with Gasteiger partial charge in [-0.25, -0.2) is 13.4 Å². The first-order valence-electron chi connectivity index (χ1n) is 15.0. The number of anilines is 2. The van der Waals surface area contributed by atoms with Gasteiger partial charge in [0.05, 0.1) is 10.5 Å². The number of ketones is 1. The molecule has 1 atom stereocenters. The molecule has 1 saturated heterocycles. The number of nitrogens with zero attached hydrogens (tertiary/aromatic N) is 4. The van der Waals surface area contributed by atoms with Crippen molar-refractivity contribution in [3.8, 4) is 0 Å². The Hall–Kier alpha value is -4.71. The van der Waals surface area contributed by atoms with Gasteiger partial charge in [0.15, 0.2) is 5.78 Å². The Bertz CT molecular complexity index is 2070. The third-order valence-corrected chi connectivity index (χ3v) is 10.7. The van der Waals surface area contributed by atoms with Gasteiger partial charge in [0.2, 0.25) is 16.0 Å². The number of likely N-dealkylation sites (N-methyl/N-ethyl adjacent to an activating group) is 1. The van der Waals surface area contributed by atoms with Crippen LogP contribution in [0.25, 0.3) is 11.0 Å². The van der Waals surface area contributed by atoms with Crippen LogP contribution in [0.4, 0.5) is 11.6 Å². The molecule has 5 aromatic rings. The SMILES string of the molecule is CN1C(n2c(=O)c(C(=O)c3ccccc3)cc3cnc(Nc4ccc(C5CCNCC5)cc4)nc32)Cc2ccccc2S1(=O)=O. The van der Waals surface area contributed by atoms with E-state index in [2.05, 4.69) is 27.8 Å². The predicted molar refractivity (Wildman–Crippen MR) is 172 cm³/mol. The van der Waals surface area contributed by atoms with Crippen molar-refractivity contribution in [2.45, 2.75) is 36.2 Å². The van der Waals surface area contributed by atoms with E-state index in [1.807, 2.05) is 12.1 Å². The maximum absolute atomic E-state index is 14.3. The van der Waals surface area contributed by atoms with Crippen molar-refractivity contribution in [2.24, 2.45) is 0 Å². The van der Waals surface area contributed by atoms with Gasteiger partial charge in [-0.15, -0.1) is 0 Å². The Morgan fingerprint density at radius 1 is 0.956 bits per heavy atom. The smallest absolute Gasteiger partial charge is 0.264 e. The van der Waals surface area contributed by atoms with E-state index < -0.39 is 27.5 Å². The highest BCUT2D eigenvalue weighted by atomic mass is 32.2. The molecule has 0 saturated carbocycles. The summed E-state index contributed by atoms with van der Waals surface area (Å²) in [6.07, 6.45) is 3.01. The highest BCUT2D eigenvalue weighted by Crippen LogP contribution is 2.35. The molecule has 11 heteroatoms. The summed E-state index contributed by atoms with van der Waals surface area (Å²) in [7, 11) is -2.49. The molecule has 4 heterocycles. The second-order valence-corrected chi connectivity index (χ2v) is 13.5. The Kier molecular flexibility index (Phi) is 7.52. The lowest BCUT2D eigenvalue weighted by atomic mass is 9.90. The Balaban J connectivity index is 1.33. The number of carbonyl (C=O) groups is 1. The van der Waals surface area contributed by atoms with Crippen molar-refractivity contribution < 1.29 is 13.2 Å². The topological polar surface area (TPSA) is 126 Å². The van der Waals surface area contributed by atoms with Gasteiger partial charge in [0, 0.05) is 36.3 Å². The molecular formula is C34H32N6O4S. The Morgan fingerprint density at radius 3 is 2.42 bits per heavy atom. The van der Waals surface area contributed by atoms with Gasteiger partial charge in [0.1, 0.15) is 11.8 Å². The fourth-order valence-corrected chi connectivity index (χ4v) is 7.84. The third-order valence-electron chi connectivity index (χ3n) is 8.78. The zero-order valence-electron chi connectivity index (χ0n) is 24.7. The lowest BCUT2D eigenvalue weighted by Crippen LogP contribution is -2.44. The van der Waals surface area contributed by atoms with E-state index in [0.717, 1.165) is 31.6 Å². The van der Waals surface area contributed by atoms with Crippen molar-refractivity contribution in [1.29, 1.82) is 0 Å². The number of piperidine rings is 1. The molecule has 0 bridgehead atoms. The lowest BCUT2D eigenvalue weighted by Gasteiger charge is -2.34. The minimum Gasteiger partial charge on any atom is -0.324 e. The number of hydrogen-bond acceptors (Lipinski definition) is 8. The van der Waals surface area contributed by atoms with Crippen LogP contribution in [-0.2, 0) is 16.4 Å². The summed E-state index contributed by atoms with van der Waals surface area (Å²) in [4.78, 5) is 37.3. The summed E-state index contributed by atoms with van der Waals surface area (Å²) in [5.41, 5.74) is 2.51. The number of hydrogen-bond donors (Lipinski definition) is 2. The Labute approximate surface area is 260 Å². The van der Waals surface area contributed by atoms with Crippen molar-refractivity contribution in [1.82, 2.24) is 24.2 Å². The van der Waals surface area contributed by atoms with E-state index in [1.54, 1.807) is 60.8 Å². The quantitative estimate of drug-likeness (QED) is 0.264. The number of aromatic nitrogens is 3. The molecule has 2 aromatic heterocycles. The van der Waals surface area contributed by atoms with Gasteiger partial charge < -0.3 is 10.6 Å². The molecule has 1 unspecified atom stereocenters. The van der Waals surface area contributed by atoms with Gasteiger partial charge in [-0.3, -0.25) is 14.2 Å². The number of sulfonamides is 1. The van der Waals surface area contributed by atoms with Gasteiger partial charge in [-0.1, -0.05) is 60.7 Å². The molecule has 45 heavy (non-hydrogen) atoms. The first-order chi connectivity index (χ1) is 21.8. The van der Waals surface area contributed by atoms with Crippen LogP contribution in [0, 0.1) is 0 Å². The van der Waals surface area contributed by atoms with Crippen molar-refractivity contribution in [3.63, 3.8) is 0 Å². The minimum absolute atomic E-state index is 0.0869. The van der Waals surface area contributed by atoms with E-state index in [9.17, 15) is 18.0 Å². The molecule has 0 radical (unpaired) electrons. The number of rotatable bonds is 6. The van der Waals surface area contributed by atoms with Crippen molar-refractivity contribution in [2.75, 3.05) is 25.5 Å². The summed E-state index contributed by atoms with van der Waals surface area (Å²) in [5.74, 6) is 0.302. The molecular weight excluding hydrogens is 588 g/mol. The minimum atomic E-state index is -3.94. The van der Waals surface area contributed by atoms with Crippen LogP contribution in [0.3, 0.4) is 0 Å². The zero-order chi connectivity index (χ0) is 31.1. The maximum Gasteiger partial charge on any atom is 0.264 e. The fraction of sp³-hybridized carbons (Fsp3) is 0.235. The zero-order valence-corrected chi connectivity index (χ0v) is 25.5. The largest absolute Gasteiger partial charge is 0.324 e. The molecule has 7 rings (SSSR count). The summed E-state index contributed by atoms with van der Waals surface area (Å²) in [6, 6.07) is 25.0. The first kappa shape index (κ1) is 29.0. The predicted octanol–water partition coefficient (Wildman–Crippen LogP) is 4.61. The summed E-state index contributed by atoms with van der Waals surface area (Å²) < 4.78 is 29.7. The van der Waals surface area contributed by atoms with Crippen LogP contribution in [-0.4, -0.2) is 53.2 Å². The lowest BCUT2D eigenvalue weighted by molar-refractivity contribution is 0.103. The van der Waals surface area contributed by atoms with Crippen molar-refractivity contribution >= 4 is 38.5 Å². The van der Waals surface area contributed by atoms with E-state index in [0.29, 0.717) is 22.4 Å². The summed E-state index contributed by atoms with van der Waals surface area (Å²) >= 11 is 0. The summed E-state index contributed by atoms with van der Waals surface area (Å²) in [5, 5.41) is 7.07. The van der Waals surface area contributed by atoms with E-state index in [-0.39, 0.29) is 28.5 Å². The average Bonchev–Trinajstić information content (AvgIpc) is 3.07. The molecule has 2 N–H and O–H groups in total. The van der Waals surface area contributed by atoms with E-state index >= 15 is 0 Å².